The molecule has 0 N–H and O–H groups in total. The van der Waals surface area contributed by atoms with Gasteiger partial charge in [0.25, 0.3) is 5.69 Å². The molecule has 9 nitrogen and oxygen atoms in total. The number of nitrogens with zero attached hydrogens (tertiary/aromatic N) is 4. The molecule has 0 aliphatic rings. The van der Waals surface area contributed by atoms with Crippen LogP contribution in [-0.2, 0) is 16.6 Å². The lowest BCUT2D eigenvalue weighted by Gasteiger charge is -2.00. The van der Waals surface area contributed by atoms with E-state index < -0.39 is 20.6 Å². The molecule has 0 amide bonds. The summed E-state index contributed by atoms with van der Waals surface area (Å²) >= 11 is 2.00. The van der Waals surface area contributed by atoms with E-state index in [-0.39, 0.29) is 20.8 Å². The third-order valence-corrected chi connectivity index (χ3v) is 6.83. The van der Waals surface area contributed by atoms with E-state index in [4.69, 9.17) is 0 Å². The van der Waals surface area contributed by atoms with Crippen molar-refractivity contribution in [2.45, 2.75) is 10.1 Å². The van der Waals surface area contributed by atoms with Crippen molar-refractivity contribution in [2.75, 3.05) is 0 Å². The van der Waals surface area contributed by atoms with Gasteiger partial charge in [0.1, 0.15) is 0 Å². The summed E-state index contributed by atoms with van der Waals surface area (Å²) in [6.45, 7) is 0. The van der Waals surface area contributed by atoms with Gasteiger partial charge in [0.15, 0.2) is 5.01 Å². The zero-order valence-corrected chi connectivity index (χ0v) is 14.7. The number of rotatable bonds is 6. The fraction of sp³-hybridized carbons (Fsp3) is 0.0769. The van der Waals surface area contributed by atoms with E-state index in [2.05, 4.69) is 10.2 Å². The van der Waals surface area contributed by atoms with Crippen molar-refractivity contribution < 1.29 is 14.1 Å². The number of hydrogen-bond acceptors (Lipinski definition) is 9. The Morgan fingerprint density at radius 2 is 1.76 bits per heavy atom. The number of thiophene rings is 1. The van der Waals surface area contributed by atoms with Gasteiger partial charge < -0.3 is 0 Å². The average molecular weight is 396 g/mol. The predicted octanol–water partition coefficient (Wildman–Crippen LogP) is 3.39. The predicted molar refractivity (Wildman–Crippen MR) is 93.1 cm³/mol. The van der Waals surface area contributed by atoms with E-state index in [1.54, 1.807) is 18.2 Å². The smallest absolute Gasteiger partial charge is 0.258 e. The Morgan fingerprint density at radius 1 is 1.00 bits per heavy atom. The lowest BCUT2D eigenvalue weighted by Crippen LogP contribution is -2.00. The molecule has 128 valence electrons. The van der Waals surface area contributed by atoms with E-state index in [0.29, 0.717) is 15.4 Å². The first-order valence-electron chi connectivity index (χ1n) is 6.64. The molecule has 2 aromatic heterocycles. The summed E-state index contributed by atoms with van der Waals surface area (Å²) in [7, 11) is -1.60. The Balaban J connectivity index is 1.81. The molecule has 12 heteroatoms. The van der Waals surface area contributed by atoms with Crippen LogP contribution in [0.1, 0.15) is 5.56 Å². The Labute approximate surface area is 150 Å². The Morgan fingerprint density at radius 3 is 2.44 bits per heavy atom. The first-order valence-corrected chi connectivity index (χ1v) is 9.59. The Bertz CT molecular complexity index is 983. The van der Waals surface area contributed by atoms with Gasteiger partial charge >= 0.3 is 5.00 Å². The molecule has 0 fully saturated rings. The summed E-state index contributed by atoms with van der Waals surface area (Å²) in [4.78, 5) is 21.3. The summed E-state index contributed by atoms with van der Waals surface area (Å²) in [5.41, 5.74) is 0.240. The Kier molecular flexibility index (Phi) is 4.92. The number of hydrogen-bond donors (Lipinski definition) is 0. The monoisotopic (exact) mass is 396 g/mol. The van der Waals surface area contributed by atoms with Crippen molar-refractivity contribution in [3.05, 3.63) is 62.2 Å². The molecule has 0 saturated heterocycles. The van der Waals surface area contributed by atoms with Crippen molar-refractivity contribution in [3.63, 3.8) is 0 Å². The van der Waals surface area contributed by atoms with Crippen molar-refractivity contribution in [1.82, 2.24) is 10.2 Å². The minimum atomic E-state index is -1.60. The van der Waals surface area contributed by atoms with Crippen LogP contribution in [0.15, 0.2) is 40.7 Å². The van der Waals surface area contributed by atoms with Crippen LogP contribution >= 0.6 is 22.7 Å². The number of benzene rings is 1. The van der Waals surface area contributed by atoms with E-state index in [0.717, 1.165) is 22.7 Å². The van der Waals surface area contributed by atoms with E-state index in [9.17, 15) is 24.4 Å². The molecule has 3 aromatic rings. The number of nitro groups is 2. The van der Waals surface area contributed by atoms with E-state index in [1.807, 2.05) is 0 Å². The standard InChI is InChI=1S/C13H8N4O5S3/c18-16(19)9-4-2-1-3-8(9)7-25(22)13-15-14-12(24-13)10-5-6-11(23-10)17(20)21/h1-6H,7H2. The highest BCUT2D eigenvalue weighted by atomic mass is 32.2. The highest BCUT2D eigenvalue weighted by Gasteiger charge is 2.20. The Hall–Kier alpha value is -2.57. The SMILES string of the molecule is O=[N+]([O-])c1ccc(-c2nnc(S(=O)Cc3ccccc3[N+](=O)[O-])s2)s1. The molecule has 3 rings (SSSR count). The molecule has 1 unspecified atom stereocenters. The van der Waals surface area contributed by atoms with Gasteiger partial charge in [-0.2, -0.15) is 0 Å². The zero-order chi connectivity index (χ0) is 18.0. The quantitative estimate of drug-likeness (QED) is 0.461. The number of para-hydroxylation sites is 1. The molecule has 2 heterocycles. The molecule has 0 spiro atoms. The molecule has 0 bridgehead atoms. The fourth-order valence-electron chi connectivity index (χ4n) is 1.96. The van der Waals surface area contributed by atoms with E-state index >= 15 is 0 Å². The topological polar surface area (TPSA) is 129 Å². The van der Waals surface area contributed by atoms with Crippen LogP contribution in [0.3, 0.4) is 0 Å². The van der Waals surface area contributed by atoms with Crippen LogP contribution in [0.5, 0.6) is 0 Å². The second-order valence-corrected chi connectivity index (χ2v) is 8.31. The summed E-state index contributed by atoms with van der Waals surface area (Å²) in [6.07, 6.45) is 0. The van der Waals surface area contributed by atoms with Gasteiger partial charge in [0.2, 0.25) is 4.34 Å². The van der Waals surface area contributed by atoms with Crippen molar-refractivity contribution in [3.8, 4) is 9.88 Å². The largest absolute Gasteiger partial charge is 0.324 e. The first-order chi connectivity index (χ1) is 12.0. The molecule has 1 aromatic carbocycles. The molecule has 0 saturated carbocycles. The van der Waals surface area contributed by atoms with Gasteiger partial charge in [-0.1, -0.05) is 40.9 Å². The number of nitro benzene ring substituents is 1. The van der Waals surface area contributed by atoms with Gasteiger partial charge in [0, 0.05) is 17.7 Å². The summed E-state index contributed by atoms with van der Waals surface area (Å²) in [5.74, 6) is -0.0592. The molecule has 25 heavy (non-hydrogen) atoms. The van der Waals surface area contributed by atoms with Crippen LogP contribution in [-0.4, -0.2) is 24.3 Å². The third-order valence-electron chi connectivity index (χ3n) is 3.06. The van der Waals surface area contributed by atoms with Crippen LogP contribution in [0.4, 0.5) is 10.7 Å². The zero-order valence-electron chi connectivity index (χ0n) is 12.2. The fourth-order valence-corrected chi connectivity index (χ4v) is 4.97. The minimum Gasteiger partial charge on any atom is -0.258 e. The average Bonchev–Trinajstić information content (AvgIpc) is 3.24. The second kappa shape index (κ2) is 7.13. The van der Waals surface area contributed by atoms with Crippen molar-refractivity contribution >= 4 is 44.2 Å². The molecule has 1 atom stereocenters. The van der Waals surface area contributed by atoms with Gasteiger partial charge in [0.05, 0.1) is 31.3 Å². The van der Waals surface area contributed by atoms with Crippen LogP contribution < -0.4 is 0 Å². The minimum absolute atomic E-state index is 0.0206. The number of aromatic nitrogens is 2. The lowest BCUT2D eigenvalue weighted by molar-refractivity contribution is -0.385. The van der Waals surface area contributed by atoms with Crippen LogP contribution in [0.2, 0.25) is 0 Å². The first kappa shape index (κ1) is 17.3. The highest BCUT2D eigenvalue weighted by molar-refractivity contribution is 7.86. The molecule has 0 radical (unpaired) electrons. The maximum atomic E-state index is 12.4. The summed E-state index contributed by atoms with van der Waals surface area (Å²) in [6, 6.07) is 8.99. The molecule has 0 aliphatic carbocycles. The summed E-state index contributed by atoms with van der Waals surface area (Å²) in [5, 5.41) is 29.9. The lowest BCUT2D eigenvalue weighted by atomic mass is 10.2. The summed E-state index contributed by atoms with van der Waals surface area (Å²) < 4.78 is 12.7. The third kappa shape index (κ3) is 3.75. The van der Waals surface area contributed by atoms with E-state index in [1.165, 1.54) is 18.2 Å². The van der Waals surface area contributed by atoms with Crippen LogP contribution in [0.25, 0.3) is 9.88 Å². The molecular weight excluding hydrogens is 388 g/mol. The maximum Gasteiger partial charge on any atom is 0.324 e. The van der Waals surface area contributed by atoms with Crippen molar-refractivity contribution in [2.24, 2.45) is 0 Å². The second-order valence-electron chi connectivity index (χ2n) is 4.64. The highest BCUT2D eigenvalue weighted by Crippen LogP contribution is 2.35. The van der Waals surface area contributed by atoms with Crippen molar-refractivity contribution in [1.29, 1.82) is 0 Å². The van der Waals surface area contributed by atoms with Gasteiger partial charge in [-0.05, 0) is 6.07 Å². The maximum absolute atomic E-state index is 12.4. The molecule has 0 aliphatic heterocycles. The van der Waals surface area contributed by atoms with Gasteiger partial charge in [-0.3, -0.25) is 24.4 Å². The van der Waals surface area contributed by atoms with Gasteiger partial charge in [-0.15, -0.1) is 10.2 Å². The van der Waals surface area contributed by atoms with Gasteiger partial charge in [-0.25, -0.2) is 0 Å². The normalized spacial score (nSPS) is 12.0. The molecular formula is C13H8N4O5S3. The van der Waals surface area contributed by atoms with Crippen LogP contribution in [0, 0.1) is 20.2 Å².